The number of alkyl halides is 3. The molecular weight excluding hydrogens is 171 g/mol. The fourth-order valence-electron chi connectivity index (χ4n) is 0.827. The van der Waals surface area contributed by atoms with Crippen LogP contribution in [0.25, 0.3) is 0 Å². The zero-order valence-electron chi connectivity index (χ0n) is 6.63. The Labute approximate surface area is 67.2 Å². The molecule has 0 aliphatic carbocycles. The molecule has 0 aromatic carbocycles. The molecule has 6 heteroatoms. The first kappa shape index (κ1) is 9.02. The average molecular weight is 179 g/mol. The van der Waals surface area contributed by atoms with Gasteiger partial charge in [-0.2, -0.15) is 18.3 Å². The topological polar surface area (TPSA) is 30.7 Å². The van der Waals surface area contributed by atoms with E-state index in [0.29, 0.717) is 0 Å². The van der Waals surface area contributed by atoms with E-state index in [0.717, 1.165) is 17.9 Å². The van der Waals surface area contributed by atoms with Crippen molar-refractivity contribution in [3.8, 4) is 0 Å². The molecule has 0 aliphatic heterocycles. The van der Waals surface area contributed by atoms with Gasteiger partial charge in [-0.15, -0.1) is 0 Å². The van der Waals surface area contributed by atoms with E-state index in [-0.39, 0.29) is 5.82 Å². The van der Waals surface area contributed by atoms with Crippen LogP contribution in [-0.2, 0) is 0 Å². The van der Waals surface area contributed by atoms with Crippen LogP contribution in [0.5, 0.6) is 0 Å². The van der Waals surface area contributed by atoms with Crippen LogP contribution >= 0.6 is 0 Å². The van der Waals surface area contributed by atoms with Crippen molar-refractivity contribution in [2.75, 3.05) is 0 Å². The molecule has 0 saturated carbocycles. The van der Waals surface area contributed by atoms with Crippen molar-refractivity contribution >= 4 is 0 Å². The first-order valence-corrected chi connectivity index (χ1v) is 3.35. The summed E-state index contributed by atoms with van der Waals surface area (Å²) >= 11 is 0. The van der Waals surface area contributed by atoms with Crippen LogP contribution in [0.4, 0.5) is 13.2 Å². The van der Waals surface area contributed by atoms with Crippen molar-refractivity contribution in [2.24, 2.45) is 0 Å². The largest absolute Gasteiger partial charge is 0.410 e. The van der Waals surface area contributed by atoms with Gasteiger partial charge in [-0.3, -0.25) is 0 Å². The van der Waals surface area contributed by atoms with Crippen molar-refractivity contribution < 1.29 is 13.2 Å². The van der Waals surface area contributed by atoms with Gasteiger partial charge in [0, 0.05) is 0 Å². The number of aryl methyl sites for hydroxylation is 1. The van der Waals surface area contributed by atoms with Crippen LogP contribution in [0.1, 0.15) is 18.8 Å². The fraction of sp³-hybridized carbons (Fsp3) is 0.667. The third kappa shape index (κ3) is 1.57. The number of rotatable bonds is 1. The normalized spacial score (nSPS) is 14.8. The summed E-state index contributed by atoms with van der Waals surface area (Å²) < 4.78 is 37.2. The fourth-order valence-corrected chi connectivity index (χ4v) is 0.827. The Morgan fingerprint density at radius 1 is 1.50 bits per heavy atom. The lowest BCUT2D eigenvalue weighted by Gasteiger charge is -2.16. The second-order valence-corrected chi connectivity index (χ2v) is 2.47. The molecule has 1 aromatic rings. The van der Waals surface area contributed by atoms with E-state index in [4.69, 9.17) is 0 Å². The van der Waals surface area contributed by atoms with Gasteiger partial charge in [-0.05, 0) is 13.8 Å². The van der Waals surface area contributed by atoms with Gasteiger partial charge >= 0.3 is 6.18 Å². The Morgan fingerprint density at radius 3 is 2.42 bits per heavy atom. The van der Waals surface area contributed by atoms with E-state index in [9.17, 15) is 13.2 Å². The average Bonchev–Trinajstić information content (AvgIpc) is 2.31. The summed E-state index contributed by atoms with van der Waals surface area (Å²) in [7, 11) is 0. The van der Waals surface area contributed by atoms with Gasteiger partial charge in [0.2, 0.25) is 0 Å². The van der Waals surface area contributed by atoms with Crippen LogP contribution in [0.15, 0.2) is 6.33 Å². The first-order valence-electron chi connectivity index (χ1n) is 3.35. The summed E-state index contributed by atoms with van der Waals surface area (Å²) in [5, 5.41) is 3.47. The van der Waals surface area contributed by atoms with E-state index in [1.807, 2.05) is 0 Å². The molecule has 1 heterocycles. The van der Waals surface area contributed by atoms with Gasteiger partial charge in [-0.25, -0.2) is 9.67 Å². The van der Waals surface area contributed by atoms with Gasteiger partial charge in [0.25, 0.3) is 0 Å². The van der Waals surface area contributed by atoms with E-state index >= 15 is 0 Å². The molecule has 12 heavy (non-hydrogen) atoms. The summed E-state index contributed by atoms with van der Waals surface area (Å²) in [5.41, 5.74) is 0. The Bertz CT molecular complexity index is 265. The van der Waals surface area contributed by atoms with E-state index in [2.05, 4.69) is 10.1 Å². The van der Waals surface area contributed by atoms with Crippen molar-refractivity contribution in [3.63, 3.8) is 0 Å². The van der Waals surface area contributed by atoms with Crippen molar-refractivity contribution in [1.29, 1.82) is 0 Å². The van der Waals surface area contributed by atoms with E-state index < -0.39 is 12.2 Å². The van der Waals surface area contributed by atoms with Gasteiger partial charge in [0.1, 0.15) is 18.2 Å². The quantitative estimate of drug-likeness (QED) is 0.657. The lowest BCUT2D eigenvalue weighted by Crippen LogP contribution is -2.25. The van der Waals surface area contributed by atoms with Crippen LogP contribution in [-0.4, -0.2) is 20.9 Å². The molecule has 0 bridgehead atoms. The molecule has 1 rings (SSSR count). The molecule has 0 spiro atoms. The standard InChI is InChI=1S/C6H8F3N3/c1-4(6(7,8)9)12-5(2)10-3-11-12/h3-4H,1-2H3/t4-/m0/s1. The second kappa shape index (κ2) is 2.76. The lowest BCUT2D eigenvalue weighted by atomic mass is 10.3. The predicted molar refractivity (Wildman–Crippen MR) is 35.5 cm³/mol. The summed E-state index contributed by atoms with van der Waals surface area (Å²) in [6.45, 7) is 2.52. The zero-order chi connectivity index (χ0) is 9.35. The number of hydrogen-bond donors (Lipinski definition) is 0. The Balaban J connectivity index is 2.92. The molecule has 1 aromatic heterocycles. The Hall–Kier alpha value is -1.07. The van der Waals surface area contributed by atoms with Crippen molar-refractivity contribution in [1.82, 2.24) is 14.8 Å². The minimum atomic E-state index is -4.27. The van der Waals surface area contributed by atoms with Gasteiger partial charge in [0.05, 0.1) is 0 Å². The lowest BCUT2D eigenvalue weighted by molar-refractivity contribution is -0.165. The highest BCUT2D eigenvalue weighted by molar-refractivity contribution is 4.84. The molecule has 0 amide bonds. The zero-order valence-corrected chi connectivity index (χ0v) is 6.63. The highest BCUT2D eigenvalue weighted by Crippen LogP contribution is 2.29. The second-order valence-electron chi connectivity index (χ2n) is 2.47. The Morgan fingerprint density at radius 2 is 2.08 bits per heavy atom. The van der Waals surface area contributed by atoms with Crippen LogP contribution in [0.2, 0.25) is 0 Å². The minimum absolute atomic E-state index is 0.264. The Kier molecular flexibility index (Phi) is 2.08. The predicted octanol–water partition coefficient (Wildman–Crippen LogP) is 1.71. The molecule has 0 unspecified atom stereocenters. The maximum absolute atomic E-state index is 12.1. The van der Waals surface area contributed by atoms with Gasteiger partial charge < -0.3 is 0 Å². The monoisotopic (exact) mass is 179 g/mol. The molecule has 0 saturated heterocycles. The molecule has 0 N–H and O–H groups in total. The minimum Gasteiger partial charge on any atom is -0.238 e. The first-order chi connectivity index (χ1) is 5.43. The summed E-state index contributed by atoms with van der Waals surface area (Å²) in [4.78, 5) is 3.60. The van der Waals surface area contributed by atoms with Gasteiger partial charge in [0.15, 0.2) is 0 Å². The molecule has 0 aliphatic rings. The molecule has 68 valence electrons. The van der Waals surface area contributed by atoms with E-state index in [1.54, 1.807) is 0 Å². The third-order valence-corrected chi connectivity index (χ3v) is 1.59. The molecular formula is C6H8F3N3. The van der Waals surface area contributed by atoms with Crippen molar-refractivity contribution in [2.45, 2.75) is 26.1 Å². The summed E-state index contributed by atoms with van der Waals surface area (Å²) in [6.07, 6.45) is -3.16. The SMILES string of the molecule is Cc1ncnn1[C@@H](C)C(F)(F)F. The molecule has 3 nitrogen and oxygen atoms in total. The van der Waals surface area contributed by atoms with E-state index in [1.165, 1.54) is 6.92 Å². The number of aromatic nitrogens is 3. The highest BCUT2D eigenvalue weighted by Gasteiger charge is 2.38. The van der Waals surface area contributed by atoms with Crippen LogP contribution in [0, 0.1) is 6.92 Å². The summed E-state index contributed by atoms with van der Waals surface area (Å²) in [5.74, 6) is 0.264. The van der Waals surface area contributed by atoms with Crippen LogP contribution < -0.4 is 0 Å². The summed E-state index contributed by atoms with van der Waals surface area (Å²) in [6, 6.07) is -1.61. The smallest absolute Gasteiger partial charge is 0.238 e. The number of hydrogen-bond acceptors (Lipinski definition) is 2. The molecule has 1 atom stereocenters. The molecule has 0 fully saturated rings. The maximum atomic E-state index is 12.1. The molecule has 0 radical (unpaired) electrons. The van der Waals surface area contributed by atoms with Gasteiger partial charge in [-0.1, -0.05) is 0 Å². The maximum Gasteiger partial charge on any atom is 0.410 e. The third-order valence-electron chi connectivity index (χ3n) is 1.59. The number of halogens is 3. The van der Waals surface area contributed by atoms with Crippen LogP contribution in [0.3, 0.4) is 0 Å². The number of nitrogens with zero attached hydrogens (tertiary/aromatic N) is 3. The highest BCUT2D eigenvalue weighted by atomic mass is 19.4. The van der Waals surface area contributed by atoms with Crippen molar-refractivity contribution in [3.05, 3.63) is 12.2 Å².